The smallest absolute Gasteiger partial charge is 0.420 e. The zero-order valence-electron chi connectivity index (χ0n) is 18.8. The van der Waals surface area contributed by atoms with Crippen LogP contribution >= 0.6 is 0 Å². The minimum Gasteiger partial charge on any atom is -0.496 e. The predicted octanol–water partition coefficient (Wildman–Crippen LogP) is 4.70. The number of anilines is 2. The van der Waals surface area contributed by atoms with Crippen LogP contribution in [0, 0.1) is 0 Å². The van der Waals surface area contributed by atoms with E-state index in [4.69, 9.17) is 10.5 Å². The molecule has 0 spiro atoms. The molecule has 0 radical (unpaired) electrons. The summed E-state index contributed by atoms with van der Waals surface area (Å²) in [6.07, 6.45) is -0.221. The summed E-state index contributed by atoms with van der Waals surface area (Å²) in [6.45, 7) is 0. The van der Waals surface area contributed by atoms with Crippen molar-refractivity contribution in [3.8, 4) is 11.4 Å². The van der Waals surface area contributed by atoms with E-state index in [-0.39, 0.29) is 17.9 Å². The number of carbonyl (C=O) groups excluding carboxylic acids is 1. The molecule has 0 atom stereocenters. The molecule has 2 aromatic carbocycles. The summed E-state index contributed by atoms with van der Waals surface area (Å²) < 4.78 is 46.6. The number of nitrogens with two attached hydrogens (primary N) is 1. The highest BCUT2D eigenvalue weighted by molar-refractivity contribution is 5.93. The zero-order valence-corrected chi connectivity index (χ0v) is 18.8. The molecular formula is C25H22F3N5O2. The second-order valence-corrected chi connectivity index (χ2v) is 8.37. The average molecular weight is 481 g/mol. The molecule has 0 aliphatic heterocycles. The summed E-state index contributed by atoms with van der Waals surface area (Å²) in [6, 6.07) is 10.8. The highest BCUT2D eigenvalue weighted by atomic mass is 19.4. The number of hydrogen-bond donors (Lipinski definition) is 2. The molecule has 0 saturated heterocycles. The standard InChI is InChI=1S/C25H22F3N5O2/c1-35-20-10-7-15(12-18(20)25(26,27)28)32-21(34)11-14-5-8-16(9-6-14)33-19-4-2-3-17(19)22-23(33)24(29)31-13-30-22/h5-10,12-13H,2-4,11H2,1H3,(H,32,34)(H2,29,30,31). The van der Waals surface area contributed by atoms with Crippen molar-refractivity contribution in [1.82, 2.24) is 14.5 Å². The Bertz CT molecular complexity index is 1430. The number of aryl methyl sites for hydroxylation is 1. The van der Waals surface area contributed by atoms with Gasteiger partial charge in [-0.15, -0.1) is 0 Å². The molecule has 35 heavy (non-hydrogen) atoms. The van der Waals surface area contributed by atoms with E-state index >= 15 is 0 Å². The topological polar surface area (TPSA) is 95.1 Å². The van der Waals surface area contributed by atoms with Crippen LogP contribution < -0.4 is 15.8 Å². The number of halogens is 3. The molecule has 2 aromatic heterocycles. The number of aromatic nitrogens is 3. The molecule has 1 aliphatic carbocycles. The van der Waals surface area contributed by atoms with Gasteiger partial charge in [-0.3, -0.25) is 4.79 Å². The van der Waals surface area contributed by atoms with Gasteiger partial charge in [0.05, 0.1) is 24.6 Å². The molecule has 0 bridgehead atoms. The first-order valence-electron chi connectivity index (χ1n) is 11.0. The normalized spacial score (nSPS) is 13.1. The van der Waals surface area contributed by atoms with Crippen molar-refractivity contribution in [3.63, 3.8) is 0 Å². The molecule has 1 amide bonds. The second-order valence-electron chi connectivity index (χ2n) is 8.37. The van der Waals surface area contributed by atoms with E-state index in [1.807, 2.05) is 24.3 Å². The maximum Gasteiger partial charge on any atom is 0.420 e. The van der Waals surface area contributed by atoms with Gasteiger partial charge in [-0.2, -0.15) is 13.2 Å². The van der Waals surface area contributed by atoms with E-state index < -0.39 is 17.6 Å². The van der Waals surface area contributed by atoms with Crippen molar-refractivity contribution in [3.05, 3.63) is 71.2 Å². The Morgan fingerprint density at radius 1 is 1.14 bits per heavy atom. The van der Waals surface area contributed by atoms with Crippen LogP contribution in [0.2, 0.25) is 0 Å². The first kappa shape index (κ1) is 22.7. The molecule has 0 fully saturated rings. The molecule has 10 heteroatoms. The number of benzene rings is 2. The van der Waals surface area contributed by atoms with E-state index in [0.717, 1.165) is 47.7 Å². The maximum atomic E-state index is 13.2. The van der Waals surface area contributed by atoms with Crippen LogP contribution in [0.15, 0.2) is 48.8 Å². The number of amides is 1. The number of hydrogen-bond acceptors (Lipinski definition) is 5. The quantitative estimate of drug-likeness (QED) is 0.431. The second kappa shape index (κ2) is 8.61. The highest BCUT2D eigenvalue weighted by Gasteiger charge is 2.34. The van der Waals surface area contributed by atoms with Gasteiger partial charge in [0, 0.05) is 17.1 Å². The molecule has 7 nitrogen and oxygen atoms in total. The molecule has 0 unspecified atom stereocenters. The van der Waals surface area contributed by atoms with Gasteiger partial charge in [-0.25, -0.2) is 9.97 Å². The van der Waals surface area contributed by atoms with Gasteiger partial charge in [-0.05, 0) is 60.7 Å². The first-order chi connectivity index (χ1) is 16.8. The Balaban J connectivity index is 1.36. The Hall–Kier alpha value is -4.08. The number of nitrogens with one attached hydrogen (secondary N) is 1. The van der Waals surface area contributed by atoms with Crippen LogP contribution in [-0.2, 0) is 30.2 Å². The number of fused-ring (bicyclic) bond motifs is 3. The highest BCUT2D eigenvalue weighted by Crippen LogP contribution is 2.38. The SMILES string of the molecule is COc1ccc(NC(=O)Cc2ccc(-n3c4c(c5ncnc(N)c53)CCC4)cc2)cc1C(F)(F)F. The lowest BCUT2D eigenvalue weighted by Crippen LogP contribution is -2.15. The lowest BCUT2D eigenvalue weighted by molar-refractivity contribution is -0.138. The van der Waals surface area contributed by atoms with Gasteiger partial charge in [0.15, 0.2) is 5.82 Å². The van der Waals surface area contributed by atoms with Crippen LogP contribution in [0.3, 0.4) is 0 Å². The number of methoxy groups -OCH3 is 1. The largest absolute Gasteiger partial charge is 0.496 e. The van der Waals surface area contributed by atoms with Crippen molar-refractivity contribution >= 4 is 28.4 Å². The third kappa shape index (κ3) is 4.16. The Kier molecular flexibility index (Phi) is 5.58. The average Bonchev–Trinajstić information content (AvgIpc) is 3.41. The predicted molar refractivity (Wildman–Crippen MR) is 126 cm³/mol. The third-order valence-electron chi connectivity index (χ3n) is 6.17. The van der Waals surface area contributed by atoms with Crippen LogP contribution in [0.5, 0.6) is 5.75 Å². The first-order valence-corrected chi connectivity index (χ1v) is 11.0. The molecule has 0 saturated carbocycles. The summed E-state index contributed by atoms with van der Waals surface area (Å²) in [7, 11) is 1.17. The Morgan fingerprint density at radius 3 is 2.63 bits per heavy atom. The lowest BCUT2D eigenvalue weighted by Gasteiger charge is -2.14. The van der Waals surface area contributed by atoms with Crippen molar-refractivity contribution in [2.24, 2.45) is 0 Å². The fourth-order valence-corrected chi connectivity index (χ4v) is 4.64. The van der Waals surface area contributed by atoms with Crippen LogP contribution in [0.1, 0.15) is 28.8 Å². The van der Waals surface area contributed by atoms with E-state index in [0.29, 0.717) is 11.4 Å². The molecular weight excluding hydrogens is 459 g/mol. The van der Waals surface area contributed by atoms with E-state index in [1.165, 1.54) is 31.1 Å². The summed E-state index contributed by atoms with van der Waals surface area (Å²) in [5.41, 5.74) is 10.9. The number of alkyl halides is 3. The molecule has 180 valence electrons. The minimum atomic E-state index is -4.60. The summed E-state index contributed by atoms with van der Waals surface area (Å²) in [5.74, 6) is -0.326. The number of carbonyl (C=O) groups is 1. The molecule has 5 rings (SSSR count). The fraction of sp³-hybridized carbons (Fsp3) is 0.240. The van der Waals surface area contributed by atoms with Crippen molar-refractivity contribution < 1.29 is 22.7 Å². The lowest BCUT2D eigenvalue weighted by atomic mass is 10.1. The third-order valence-corrected chi connectivity index (χ3v) is 6.17. The van der Waals surface area contributed by atoms with Crippen LogP contribution in [0.4, 0.5) is 24.7 Å². The van der Waals surface area contributed by atoms with Crippen molar-refractivity contribution in [1.29, 1.82) is 0 Å². The van der Waals surface area contributed by atoms with Crippen molar-refractivity contribution in [2.75, 3.05) is 18.2 Å². The summed E-state index contributed by atoms with van der Waals surface area (Å²) in [4.78, 5) is 21.1. The number of rotatable bonds is 5. The van der Waals surface area contributed by atoms with Gasteiger partial charge >= 0.3 is 6.18 Å². The van der Waals surface area contributed by atoms with E-state index in [9.17, 15) is 18.0 Å². The van der Waals surface area contributed by atoms with Crippen LogP contribution in [0.25, 0.3) is 16.7 Å². The van der Waals surface area contributed by atoms with Gasteiger partial charge in [0.2, 0.25) is 5.91 Å². The molecule has 3 N–H and O–H groups in total. The Labute approximate surface area is 198 Å². The van der Waals surface area contributed by atoms with Gasteiger partial charge < -0.3 is 20.4 Å². The van der Waals surface area contributed by atoms with E-state index in [2.05, 4.69) is 19.9 Å². The minimum absolute atomic E-state index is 0.00342. The maximum absolute atomic E-state index is 13.2. The van der Waals surface area contributed by atoms with Gasteiger partial charge in [-0.1, -0.05) is 12.1 Å². The Morgan fingerprint density at radius 2 is 1.91 bits per heavy atom. The van der Waals surface area contributed by atoms with Gasteiger partial charge in [0.1, 0.15) is 17.6 Å². The molecule has 1 aliphatic rings. The summed E-state index contributed by atoms with van der Waals surface area (Å²) >= 11 is 0. The fourth-order valence-electron chi connectivity index (χ4n) is 4.64. The van der Waals surface area contributed by atoms with Crippen LogP contribution in [-0.4, -0.2) is 27.6 Å². The van der Waals surface area contributed by atoms with Crippen molar-refractivity contribution in [2.45, 2.75) is 31.9 Å². The van der Waals surface area contributed by atoms with E-state index in [1.54, 1.807) is 0 Å². The molecule has 4 aromatic rings. The number of nitrogens with zero attached hydrogens (tertiary/aromatic N) is 3. The van der Waals surface area contributed by atoms with Gasteiger partial charge in [0.25, 0.3) is 0 Å². The zero-order chi connectivity index (χ0) is 24.7. The number of nitrogen functional groups attached to an aromatic ring is 1. The summed E-state index contributed by atoms with van der Waals surface area (Å²) in [5, 5.41) is 2.53. The monoisotopic (exact) mass is 481 g/mol. The molecule has 2 heterocycles. The number of ether oxygens (including phenoxy) is 1.